The van der Waals surface area contributed by atoms with Crippen molar-refractivity contribution < 1.29 is 38.1 Å². The number of benzene rings is 2. The zero-order valence-electron chi connectivity index (χ0n) is 21.5. The monoisotopic (exact) mass is 500 g/mol. The zero-order chi connectivity index (χ0) is 26.5. The highest BCUT2D eigenvalue weighted by molar-refractivity contribution is 5.99. The standard InChI is InChI=1S/C28H36O8/c1-5-7-9-15-33-25(29)19(3)35-27(31)23-13-11-22-18-24(14-12-21(22)17-23)28(32)36-20(4)26(30)34-16-10-8-6-2/h11-14,17-20H,5-10,15-16H2,1-4H3/t19-,20-/m0/s1. The first kappa shape index (κ1) is 28.8. The molecule has 0 unspecified atom stereocenters. The maximum absolute atomic E-state index is 12.5. The summed E-state index contributed by atoms with van der Waals surface area (Å²) in [5.74, 6) is -2.46. The van der Waals surface area contributed by atoms with Crippen molar-refractivity contribution >= 4 is 34.6 Å². The molecule has 2 aromatic carbocycles. The number of esters is 4. The third-order valence-corrected chi connectivity index (χ3v) is 5.53. The first-order chi connectivity index (χ1) is 17.3. The summed E-state index contributed by atoms with van der Waals surface area (Å²) in [5, 5.41) is 1.39. The fourth-order valence-electron chi connectivity index (χ4n) is 3.34. The Kier molecular flexibility index (Phi) is 11.9. The minimum atomic E-state index is -1.02. The molecule has 2 atom stereocenters. The summed E-state index contributed by atoms with van der Waals surface area (Å²) in [6.45, 7) is 7.65. The molecular formula is C28H36O8. The largest absolute Gasteiger partial charge is 0.463 e. The summed E-state index contributed by atoms with van der Waals surface area (Å²) in [7, 11) is 0. The van der Waals surface area contributed by atoms with Gasteiger partial charge in [-0.25, -0.2) is 19.2 Å². The lowest BCUT2D eigenvalue weighted by Gasteiger charge is -2.14. The molecule has 0 fully saturated rings. The van der Waals surface area contributed by atoms with Crippen molar-refractivity contribution in [3.63, 3.8) is 0 Å². The van der Waals surface area contributed by atoms with Crippen molar-refractivity contribution in [2.45, 2.75) is 78.4 Å². The molecule has 0 radical (unpaired) electrons. The van der Waals surface area contributed by atoms with E-state index in [-0.39, 0.29) is 11.1 Å². The van der Waals surface area contributed by atoms with Crippen LogP contribution < -0.4 is 0 Å². The van der Waals surface area contributed by atoms with Gasteiger partial charge >= 0.3 is 23.9 Å². The molecule has 196 valence electrons. The van der Waals surface area contributed by atoms with Crippen molar-refractivity contribution in [2.24, 2.45) is 0 Å². The van der Waals surface area contributed by atoms with E-state index in [1.165, 1.54) is 13.8 Å². The van der Waals surface area contributed by atoms with Gasteiger partial charge in [0.25, 0.3) is 0 Å². The number of carbonyl (C=O) groups excluding carboxylic acids is 4. The predicted molar refractivity (Wildman–Crippen MR) is 135 cm³/mol. The van der Waals surface area contributed by atoms with E-state index in [4.69, 9.17) is 18.9 Å². The average molecular weight is 501 g/mol. The predicted octanol–water partition coefficient (Wildman–Crippen LogP) is 5.40. The summed E-state index contributed by atoms with van der Waals surface area (Å²) in [6, 6.07) is 9.67. The molecule has 0 bridgehead atoms. The van der Waals surface area contributed by atoms with Gasteiger partial charge in [0.2, 0.25) is 0 Å². The molecule has 8 nitrogen and oxygen atoms in total. The third kappa shape index (κ3) is 8.98. The number of ether oxygens (including phenoxy) is 4. The molecule has 0 aliphatic heterocycles. The van der Waals surface area contributed by atoms with Crippen molar-refractivity contribution in [2.75, 3.05) is 13.2 Å². The highest BCUT2D eigenvalue weighted by atomic mass is 16.6. The quantitative estimate of drug-likeness (QED) is 0.193. The normalized spacial score (nSPS) is 12.4. The van der Waals surface area contributed by atoms with Crippen molar-refractivity contribution in [1.82, 2.24) is 0 Å². The van der Waals surface area contributed by atoms with Crippen molar-refractivity contribution in [3.8, 4) is 0 Å². The highest BCUT2D eigenvalue weighted by Crippen LogP contribution is 2.20. The molecular weight excluding hydrogens is 464 g/mol. The Morgan fingerprint density at radius 3 is 1.39 bits per heavy atom. The summed E-state index contributed by atoms with van der Waals surface area (Å²) >= 11 is 0. The van der Waals surface area contributed by atoms with E-state index in [0.29, 0.717) is 24.0 Å². The first-order valence-electron chi connectivity index (χ1n) is 12.6. The van der Waals surface area contributed by atoms with Gasteiger partial charge in [0.05, 0.1) is 24.3 Å². The first-order valence-corrected chi connectivity index (χ1v) is 12.6. The molecule has 8 heteroatoms. The number of rotatable bonds is 14. The van der Waals surface area contributed by atoms with Crippen LogP contribution in [0.5, 0.6) is 0 Å². The molecule has 0 spiro atoms. The Morgan fingerprint density at radius 2 is 1.03 bits per heavy atom. The molecule has 0 aliphatic carbocycles. The summed E-state index contributed by atoms with van der Waals surface area (Å²) < 4.78 is 20.7. The van der Waals surface area contributed by atoms with Crippen molar-refractivity contribution in [1.29, 1.82) is 0 Å². The van der Waals surface area contributed by atoms with Crippen LogP contribution in [0.2, 0.25) is 0 Å². The maximum atomic E-state index is 12.5. The maximum Gasteiger partial charge on any atom is 0.347 e. The van der Waals surface area contributed by atoms with Crippen LogP contribution in [0.1, 0.15) is 86.9 Å². The van der Waals surface area contributed by atoms with E-state index in [1.54, 1.807) is 36.4 Å². The van der Waals surface area contributed by atoms with Gasteiger partial charge in [0.1, 0.15) is 0 Å². The summed E-state index contributed by atoms with van der Waals surface area (Å²) in [6.07, 6.45) is 3.45. The van der Waals surface area contributed by atoms with Crippen LogP contribution in [0.25, 0.3) is 10.8 Å². The van der Waals surface area contributed by atoms with Gasteiger partial charge < -0.3 is 18.9 Å². The van der Waals surface area contributed by atoms with Crippen LogP contribution in [0.15, 0.2) is 36.4 Å². The van der Waals surface area contributed by atoms with Crippen LogP contribution in [0, 0.1) is 0 Å². The van der Waals surface area contributed by atoms with E-state index in [1.807, 2.05) is 0 Å². The van der Waals surface area contributed by atoms with E-state index in [0.717, 1.165) is 38.5 Å². The Morgan fingerprint density at radius 1 is 0.639 bits per heavy atom. The van der Waals surface area contributed by atoms with Gasteiger partial charge in [-0.1, -0.05) is 51.7 Å². The van der Waals surface area contributed by atoms with Gasteiger partial charge in [0.15, 0.2) is 12.2 Å². The molecule has 0 aromatic heterocycles. The number of carbonyl (C=O) groups is 4. The number of unbranched alkanes of at least 4 members (excludes halogenated alkanes) is 4. The Labute approximate surface area is 212 Å². The minimum absolute atomic E-state index is 0.267. The van der Waals surface area contributed by atoms with Gasteiger partial charge in [-0.05, 0) is 61.7 Å². The molecule has 0 amide bonds. The van der Waals surface area contributed by atoms with Gasteiger partial charge in [-0.15, -0.1) is 0 Å². The van der Waals surface area contributed by atoms with E-state index in [2.05, 4.69) is 13.8 Å². The average Bonchev–Trinajstić information content (AvgIpc) is 2.87. The number of fused-ring (bicyclic) bond motifs is 1. The van der Waals surface area contributed by atoms with Gasteiger partial charge in [0, 0.05) is 0 Å². The molecule has 2 aromatic rings. The minimum Gasteiger partial charge on any atom is -0.463 e. The second kappa shape index (κ2) is 14.9. The summed E-state index contributed by atoms with van der Waals surface area (Å²) in [4.78, 5) is 49.0. The molecule has 0 N–H and O–H groups in total. The summed E-state index contributed by atoms with van der Waals surface area (Å²) in [5.41, 5.74) is 0.533. The molecule has 0 aliphatic rings. The van der Waals surface area contributed by atoms with Crippen molar-refractivity contribution in [3.05, 3.63) is 47.5 Å². The lowest BCUT2D eigenvalue weighted by atomic mass is 10.0. The second-order valence-corrected chi connectivity index (χ2v) is 8.62. The topological polar surface area (TPSA) is 105 Å². The van der Waals surface area contributed by atoms with Crippen LogP contribution in [0.4, 0.5) is 0 Å². The molecule has 0 saturated carbocycles. The fourth-order valence-corrected chi connectivity index (χ4v) is 3.34. The van der Waals surface area contributed by atoms with Crippen LogP contribution in [0.3, 0.4) is 0 Å². The molecule has 0 heterocycles. The Balaban J connectivity index is 1.95. The Bertz CT molecular complexity index is 962. The molecule has 2 rings (SSSR count). The second-order valence-electron chi connectivity index (χ2n) is 8.62. The highest BCUT2D eigenvalue weighted by Gasteiger charge is 2.22. The SMILES string of the molecule is CCCCCOC(=O)[C@H](C)OC(=O)c1ccc2cc(C(=O)O[C@@H](C)C(=O)OCCCCC)ccc2c1. The van der Waals surface area contributed by atoms with Gasteiger partial charge in [-0.2, -0.15) is 0 Å². The lowest BCUT2D eigenvalue weighted by Crippen LogP contribution is -2.26. The van der Waals surface area contributed by atoms with Gasteiger partial charge in [-0.3, -0.25) is 0 Å². The number of hydrogen-bond donors (Lipinski definition) is 0. The smallest absolute Gasteiger partial charge is 0.347 e. The van der Waals surface area contributed by atoms with E-state index < -0.39 is 36.1 Å². The lowest BCUT2D eigenvalue weighted by molar-refractivity contribution is -0.153. The molecule has 36 heavy (non-hydrogen) atoms. The van der Waals surface area contributed by atoms with E-state index in [9.17, 15) is 19.2 Å². The Hall–Kier alpha value is -3.42. The van der Waals surface area contributed by atoms with Crippen LogP contribution in [-0.2, 0) is 28.5 Å². The number of hydrogen-bond acceptors (Lipinski definition) is 8. The van der Waals surface area contributed by atoms with Crippen LogP contribution >= 0.6 is 0 Å². The van der Waals surface area contributed by atoms with Crippen LogP contribution in [-0.4, -0.2) is 49.3 Å². The van der Waals surface area contributed by atoms with E-state index >= 15 is 0 Å². The molecule has 0 saturated heterocycles. The zero-order valence-corrected chi connectivity index (χ0v) is 21.5. The third-order valence-electron chi connectivity index (χ3n) is 5.53. The fraction of sp³-hybridized carbons (Fsp3) is 0.500.